The summed E-state index contributed by atoms with van der Waals surface area (Å²) in [6.45, 7) is 2.16. The summed E-state index contributed by atoms with van der Waals surface area (Å²) in [4.78, 5) is 22.8. The van der Waals surface area contributed by atoms with Crippen molar-refractivity contribution in [1.29, 1.82) is 0 Å². The van der Waals surface area contributed by atoms with Crippen LogP contribution in [0.5, 0.6) is 0 Å². The molecule has 1 aromatic carbocycles. The number of ketones is 2. The maximum absolute atomic E-state index is 11.4. The van der Waals surface area contributed by atoms with Crippen molar-refractivity contribution in [2.45, 2.75) is 44.9 Å². The molecule has 17 heavy (non-hydrogen) atoms. The Morgan fingerprint density at radius 1 is 1.06 bits per heavy atom. The van der Waals surface area contributed by atoms with E-state index in [1.54, 1.807) is 0 Å². The van der Waals surface area contributed by atoms with Crippen molar-refractivity contribution < 1.29 is 9.59 Å². The van der Waals surface area contributed by atoms with E-state index in [-0.39, 0.29) is 23.9 Å². The highest BCUT2D eigenvalue weighted by Gasteiger charge is 2.26. The van der Waals surface area contributed by atoms with Crippen LogP contribution < -0.4 is 0 Å². The van der Waals surface area contributed by atoms with Crippen molar-refractivity contribution in [3.05, 3.63) is 35.4 Å². The molecule has 1 saturated carbocycles. The van der Waals surface area contributed by atoms with Crippen LogP contribution in [-0.2, 0) is 16.0 Å². The average Bonchev–Trinajstić information content (AvgIpc) is 2.29. The van der Waals surface area contributed by atoms with Gasteiger partial charge in [-0.05, 0) is 23.5 Å². The van der Waals surface area contributed by atoms with Crippen molar-refractivity contribution in [2.75, 3.05) is 0 Å². The number of hydrogen-bond donors (Lipinski definition) is 0. The molecule has 0 radical (unpaired) electrons. The average molecular weight is 230 g/mol. The normalized spacial score (nSPS) is 17.5. The van der Waals surface area contributed by atoms with E-state index in [2.05, 4.69) is 31.2 Å². The van der Waals surface area contributed by atoms with Crippen LogP contribution >= 0.6 is 0 Å². The minimum Gasteiger partial charge on any atom is -0.299 e. The van der Waals surface area contributed by atoms with Crippen LogP contribution in [0, 0.1) is 0 Å². The van der Waals surface area contributed by atoms with Gasteiger partial charge in [-0.2, -0.15) is 0 Å². The summed E-state index contributed by atoms with van der Waals surface area (Å²) in [5, 5.41) is 0. The van der Waals surface area contributed by atoms with Crippen molar-refractivity contribution in [1.82, 2.24) is 0 Å². The molecule has 0 amide bonds. The molecule has 0 aromatic heterocycles. The number of aryl methyl sites for hydroxylation is 1. The molecule has 0 aliphatic heterocycles. The van der Waals surface area contributed by atoms with Crippen LogP contribution in [0.3, 0.4) is 0 Å². The van der Waals surface area contributed by atoms with E-state index >= 15 is 0 Å². The third kappa shape index (κ3) is 3.02. The first-order chi connectivity index (χ1) is 8.19. The predicted molar refractivity (Wildman–Crippen MR) is 67.0 cm³/mol. The van der Waals surface area contributed by atoms with E-state index in [4.69, 9.17) is 0 Å². The summed E-state index contributed by atoms with van der Waals surface area (Å²) in [6.07, 6.45) is 3.42. The molecule has 90 valence electrons. The highest BCUT2D eigenvalue weighted by molar-refractivity contribution is 6.02. The van der Waals surface area contributed by atoms with Gasteiger partial charge in [0.25, 0.3) is 0 Å². The van der Waals surface area contributed by atoms with Gasteiger partial charge in [-0.15, -0.1) is 0 Å². The zero-order chi connectivity index (χ0) is 12.3. The topological polar surface area (TPSA) is 34.1 Å². The Hall–Kier alpha value is -1.44. The SMILES string of the molecule is CCCc1ccc(C2CC(=O)CC(=O)C2)cc1. The first-order valence-electron chi connectivity index (χ1n) is 6.31. The summed E-state index contributed by atoms with van der Waals surface area (Å²) < 4.78 is 0. The van der Waals surface area contributed by atoms with Crippen LogP contribution in [0.4, 0.5) is 0 Å². The second-order valence-electron chi connectivity index (χ2n) is 4.85. The highest BCUT2D eigenvalue weighted by atomic mass is 16.1. The predicted octanol–water partition coefficient (Wildman–Crippen LogP) is 3.04. The molecule has 0 saturated heterocycles. The van der Waals surface area contributed by atoms with Crippen molar-refractivity contribution in [3.63, 3.8) is 0 Å². The Morgan fingerprint density at radius 3 is 2.18 bits per heavy atom. The zero-order valence-electron chi connectivity index (χ0n) is 10.2. The number of rotatable bonds is 3. The Morgan fingerprint density at radius 2 is 1.65 bits per heavy atom. The second kappa shape index (κ2) is 5.26. The molecule has 1 aliphatic rings. The van der Waals surface area contributed by atoms with Crippen LogP contribution in [0.15, 0.2) is 24.3 Å². The van der Waals surface area contributed by atoms with Gasteiger partial charge < -0.3 is 0 Å². The number of hydrogen-bond acceptors (Lipinski definition) is 2. The van der Waals surface area contributed by atoms with Crippen molar-refractivity contribution in [3.8, 4) is 0 Å². The maximum atomic E-state index is 11.4. The Balaban J connectivity index is 2.11. The number of carbonyl (C=O) groups is 2. The Kier molecular flexibility index (Phi) is 3.72. The summed E-state index contributed by atoms with van der Waals surface area (Å²) in [7, 11) is 0. The summed E-state index contributed by atoms with van der Waals surface area (Å²) in [5.41, 5.74) is 2.45. The first-order valence-corrected chi connectivity index (χ1v) is 6.31. The Labute approximate surface area is 102 Å². The lowest BCUT2D eigenvalue weighted by Gasteiger charge is -2.20. The van der Waals surface area contributed by atoms with E-state index in [1.165, 1.54) is 5.56 Å². The van der Waals surface area contributed by atoms with Gasteiger partial charge in [-0.25, -0.2) is 0 Å². The van der Waals surface area contributed by atoms with Crippen LogP contribution in [-0.4, -0.2) is 11.6 Å². The monoisotopic (exact) mass is 230 g/mol. The molecule has 0 spiro atoms. The fourth-order valence-electron chi connectivity index (χ4n) is 2.47. The van der Waals surface area contributed by atoms with E-state index in [9.17, 15) is 9.59 Å². The lowest BCUT2D eigenvalue weighted by molar-refractivity contribution is -0.130. The number of carbonyl (C=O) groups excluding carboxylic acids is 2. The number of benzene rings is 1. The standard InChI is InChI=1S/C15H18O2/c1-2-3-11-4-6-12(7-5-11)13-8-14(16)10-15(17)9-13/h4-7,13H,2-3,8-10H2,1H3. The molecule has 2 rings (SSSR count). The molecule has 1 aliphatic carbocycles. The molecular weight excluding hydrogens is 212 g/mol. The summed E-state index contributed by atoms with van der Waals surface area (Å²) in [6, 6.07) is 8.37. The molecule has 0 atom stereocenters. The molecule has 2 nitrogen and oxygen atoms in total. The van der Waals surface area contributed by atoms with Gasteiger partial charge >= 0.3 is 0 Å². The number of Topliss-reactive ketones (excluding diaryl/α,β-unsaturated/α-hetero) is 2. The fraction of sp³-hybridized carbons (Fsp3) is 0.467. The molecule has 0 unspecified atom stereocenters. The molecule has 2 heteroatoms. The Bertz CT molecular complexity index is 401. The van der Waals surface area contributed by atoms with Gasteiger partial charge in [0.2, 0.25) is 0 Å². The summed E-state index contributed by atoms with van der Waals surface area (Å²) in [5.74, 6) is 0.284. The van der Waals surface area contributed by atoms with Gasteiger partial charge in [0.1, 0.15) is 11.6 Å². The van der Waals surface area contributed by atoms with Gasteiger partial charge in [0.05, 0.1) is 6.42 Å². The van der Waals surface area contributed by atoms with E-state index in [0.717, 1.165) is 18.4 Å². The molecular formula is C15H18O2. The van der Waals surface area contributed by atoms with E-state index < -0.39 is 0 Å². The summed E-state index contributed by atoms with van der Waals surface area (Å²) >= 11 is 0. The van der Waals surface area contributed by atoms with Gasteiger partial charge in [0.15, 0.2) is 0 Å². The third-order valence-corrected chi connectivity index (χ3v) is 3.33. The zero-order valence-corrected chi connectivity index (χ0v) is 10.2. The van der Waals surface area contributed by atoms with Gasteiger partial charge in [0, 0.05) is 12.8 Å². The smallest absolute Gasteiger partial charge is 0.140 e. The van der Waals surface area contributed by atoms with E-state index in [1.807, 2.05) is 0 Å². The lowest BCUT2D eigenvalue weighted by Crippen LogP contribution is -2.21. The van der Waals surface area contributed by atoms with Crippen molar-refractivity contribution >= 4 is 11.6 Å². The van der Waals surface area contributed by atoms with E-state index in [0.29, 0.717) is 12.8 Å². The maximum Gasteiger partial charge on any atom is 0.140 e. The molecule has 1 fully saturated rings. The molecule has 0 heterocycles. The third-order valence-electron chi connectivity index (χ3n) is 3.33. The lowest BCUT2D eigenvalue weighted by atomic mass is 9.82. The molecule has 0 bridgehead atoms. The molecule has 1 aromatic rings. The largest absolute Gasteiger partial charge is 0.299 e. The van der Waals surface area contributed by atoms with Gasteiger partial charge in [-0.3, -0.25) is 9.59 Å². The second-order valence-corrected chi connectivity index (χ2v) is 4.85. The van der Waals surface area contributed by atoms with Crippen molar-refractivity contribution in [2.24, 2.45) is 0 Å². The quantitative estimate of drug-likeness (QED) is 0.748. The highest BCUT2D eigenvalue weighted by Crippen LogP contribution is 2.29. The van der Waals surface area contributed by atoms with Gasteiger partial charge in [-0.1, -0.05) is 37.6 Å². The minimum absolute atomic E-state index is 0.0869. The van der Waals surface area contributed by atoms with Crippen LogP contribution in [0.1, 0.15) is 49.7 Å². The molecule has 0 N–H and O–H groups in total. The minimum atomic E-state index is 0.0869. The van der Waals surface area contributed by atoms with Crippen LogP contribution in [0.25, 0.3) is 0 Å². The fourth-order valence-corrected chi connectivity index (χ4v) is 2.47. The van der Waals surface area contributed by atoms with Crippen LogP contribution in [0.2, 0.25) is 0 Å². The first kappa shape index (κ1) is 12.0.